The lowest BCUT2D eigenvalue weighted by Crippen LogP contribution is -2.33. The zero-order valence-electron chi connectivity index (χ0n) is 8.55. The highest BCUT2D eigenvalue weighted by molar-refractivity contribution is 7.99. The number of halogens is 2. The fourth-order valence-corrected chi connectivity index (χ4v) is 3.91. The standard InChI is InChI=1S/C10H9Cl2NO3S/c11-5-1-2-6(7(12)3-5)10-9(13(15)16)8(14)4-17-10/h1-3,8-10,14H,4H2/t8?,9-,10+/m0/s1. The van der Waals surface area contributed by atoms with Gasteiger partial charge < -0.3 is 5.11 Å². The van der Waals surface area contributed by atoms with E-state index in [-0.39, 0.29) is 0 Å². The third kappa shape index (κ3) is 2.52. The zero-order chi connectivity index (χ0) is 12.6. The maximum atomic E-state index is 10.9. The van der Waals surface area contributed by atoms with E-state index in [1.165, 1.54) is 11.8 Å². The summed E-state index contributed by atoms with van der Waals surface area (Å²) in [7, 11) is 0. The molecule has 0 aliphatic carbocycles. The number of hydrogen-bond acceptors (Lipinski definition) is 4. The van der Waals surface area contributed by atoms with Crippen molar-refractivity contribution in [1.29, 1.82) is 0 Å². The molecule has 17 heavy (non-hydrogen) atoms. The molecule has 0 aromatic heterocycles. The number of hydrogen-bond donors (Lipinski definition) is 1. The van der Waals surface area contributed by atoms with Gasteiger partial charge in [0, 0.05) is 20.7 Å². The van der Waals surface area contributed by atoms with Gasteiger partial charge in [-0.3, -0.25) is 10.1 Å². The Morgan fingerprint density at radius 2 is 2.18 bits per heavy atom. The van der Waals surface area contributed by atoms with Crippen LogP contribution in [-0.4, -0.2) is 27.9 Å². The molecule has 1 N–H and O–H groups in total. The fourth-order valence-electron chi connectivity index (χ4n) is 1.86. The third-order valence-electron chi connectivity index (χ3n) is 2.66. The predicted octanol–water partition coefficient (Wildman–Crippen LogP) is 2.79. The van der Waals surface area contributed by atoms with Gasteiger partial charge in [-0.25, -0.2) is 0 Å². The molecule has 7 heteroatoms. The minimum atomic E-state index is -1.02. The summed E-state index contributed by atoms with van der Waals surface area (Å²) in [5, 5.41) is 21.0. The molecule has 1 aromatic carbocycles. The van der Waals surface area contributed by atoms with Crippen LogP contribution in [0.15, 0.2) is 18.2 Å². The van der Waals surface area contributed by atoms with E-state index in [1.807, 2.05) is 0 Å². The first-order valence-corrected chi connectivity index (χ1v) is 6.69. The lowest BCUT2D eigenvalue weighted by molar-refractivity contribution is -0.531. The molecule has 2 rings (SSSR count). The molecule has 1 heterocycles. The lowest BCUT2D eigenvalue weighted by Gasteiger charge is -2.15. The Balaban J connectivity index is 2.36. The summed E-state index contributed by atoms with van der Waals surface area (Å²) in [5.74, 6) is 0.343. The van der Waals surface area contributed by atoms with Crippen LogP contribution in [-0.2, 0) is 0 Å². The van der Waals surface area contributed by atoms with Crippen LogP contribution in [0.4, 0.5) is 0 Å². The van der Waals surface area contributed by atoms with E-state index in [4.69, 9.17) is 23.2 Å². The average Bonchev–Trinajstić information content (AvgIpc) is 2.60. The van der Waals surface area contributed by atoms with Crippen molar-refractivity contribution < 1.29 is 10.0 Å². The Morgan fingerprint density at radius 1 is 1.47 bits per heavy atom. The van der Waals surface area contributed by atoms with Gasteiger partial charge in [0.2, 0.25) is 0 Å². The summed E-state index contributed by atoms with van der Waals surface area (Å²) in [6.07, 6.45) is -0.938. The van der Waals surface area contributed by atoms with Crippen molar-refractivity contribution in [3.8, 4) is 0 Å². The van der Waals surface area contributed by atoms with Gasteiger partial charge >= 0.3 is 0 Å². The maximum absolute atomic E-state index is 10.9. The Bertz CT molecular complexity index is 457. The van der Waals surface area contributed by atoms with Gasteiger partial charge in [-0.2, -0.15) is 0 Å². The molecule has 4 nitrogen and oxygen atoms in total. The van der Waals surface area contributed by atoms with Crippen LogP contribution in [0.5, 0.6) is 0 Å². The van der Waals surface area contributed by atoms with Gasteiger partial charge in [0.25, 0.3) is 6.04 Å². The number of rotatable bonds is 2. The highest BCUT2D eigenvalue weighted by Gasteiger charge is 2.46. The quantitative estimate of drug-likeness (QED) is 0.673. The van der Waals surface area contributed by atoms with Crippen LogP contribution in [0.3, 0.4) is 0 Å². The van der Waals surface area contributed by atoms with Gasteiger partial charge in [0.05, 0.1) is 0 Å². The SMILES string of the molecule is O=[N+]([O-])[C@H]1C(O)CS[C@@H]1c1ccc(Cl)cc1Cl. The van der Waals surface area contributed by atoms with Gasteiger partial charge in [-0.1, -0.05) is 29.3 Å². The van der Waals surface area contributed by atoms with Crippen LogP contribution in [0, 0.1) is 10.1 Å². The Labute approximate surface area is 112 Å². The molecule has 0 saturated carbocycles. The Hall–Kier alpha value is -0.490. The molecule has 1 aromatic rings. The minimum Gasteiger partial charge on any atom is -0.385 e. The summed E-state index contributed by atoms with van der Waals surface area (Å²) in [5.41, 5.74) is 0.652. The van der Waals surface area contributed by atoms with Crippen molar-refractivity contribution in [3.05, 3.63) is 43.9 Å². The molecule has 3 atom stereocenters. The summed E-state index contributed by atoms with van der Waals surface area (Å²) in [6.45, 7) is 0. The third-order valence-corrected chi connectivity index (χ3v) is 4.65. The van der Waals surface area contributed by atoms with E-state index in [1.54, 1.807) is 18.2 Å². The molecule has 1 fully saturated rings. The van der Waals surface area contributed by atoms with E-state index in [0.29, 0.717) is 21.4 Å². The second-order valence-corrected chi connectivity index (χ2v) is 5.78. The smallest absolute Gasteiger partial charge is 0.255 e. The number of aliphatic hydroxyl groups excluding tert-OH is 1. The molecule has 92 valence electrons. The monoisotopic (exact) mass is 293 g/mol. The summed E-state index contributed by atoms with van der Waals surface area (Å²) in [4.78, 5) is 10.5. The summed E-state index contributed by atoms with van der Waals surface area (Å²) in [6, 6.07) is 3.86. The van der Waals surface area contributed by atoms with Gasteiger partial charge in [-0.15, -0.1) is 11.8 Å². The number of nitro groups is 1. The molecule has 1 unspecified atom stereocenters. The number of benzene rings is 1. The van der Waals surface area contributed by atoms with E-state index in [0.717, 1.165) is 0 Å². The largest absolute Gasteiger partial charge is 0.385 e. The fraction of sp³-hybridized carbons (Fsp3) is 0.400. The molecule has 0 amide bonds. The van der Waals surface area contributed by atoms with Crippen LogP contribution in [0.25, 0.3) is 0 Å². The lowest BCUT2D eigenvalue weighted by atomic mass is 10.0. The molecule has 1 saturated heterocycles. The van der Waals surface area contributed by atoms with E-state index in [9.17, 15) is 15.2 Å². The Kier molecular flexibility index (Phi) is 3.82. The summed E-state index contributed by atoms with van der Waals surface area (Å²) < 4.78 is 0. The van der Waals surface area contributed by atoms with Crippen molar-refractivity contribution in [2.75, 3.05) is 5.75 Å². The van der Waals surface area contributed by atoms with Gasteiger partial charge in [-0.05, 0) is 17.7 Å². The van der Waals surface area contributed by atoms with E-state index >= 15 is 0 Å². The van der Waals surface area contributed by atoms with E-state index in [2.05, 4.69) is 0 Å². The van der Waals surface area contributed by atoms with Crippen LogP contribution >= 0.6 is 35.0 Å². The van der Waals surface area contributed by atoms with Crippen molar-refractivity contribution in [1.82, 2.24) is 0 Å². The normalized spacial score (nSPS) is 28.3. The highest BCUT2D eigenvalue weighted by atomic mass is 35.5. The number of thioether (sulfide) groups is 1. The topological polar surface area (TPSA) is 63.4 Å². The molecule has 1 aliphatic rings. The molecule has 0 spiro atoms. The number of nitrogens with zero attached hydrogens (tertiary/aromatic N) is 1. The number of aliphatic hydroxyl groups is 1. The first kappa shape index (κ1) is 13.0. The van der Waals surface area contributed by atoms with Crippen LogP contribution in [0.2, 0.25) is 10.0 Å². The Morgan fingerprint density at radius 3 is 2.76 bits per heavy atom. The summed E-state index contributed by atoms with van der Waals surface area (Å²) >= 11 is 13.1. The first-order chi connectivity index (χ1) is 8.00. The van der Waals surface area contributed by atoms with Crippen molar-refractivity contribution in [2.24, 2.45) is 0 Å². The van der Waals surface area contributed by atoms with Gasteiger partial charge in [0.1, 0.15) is 11.4 Å². The molecule has 0 bridgehead atoms. The maximum Gasteiger partial charge on any atom is 0.255 e. The molecule has 0 radical (unpaired) electrons. The van der Waals surface area contributed by atoms with Gasteiger partial charge in [0.15, 0.2) is 0 Å². The average molecular weight is 294 g/mol. The van der Waals surface area contributed by atoms with Crippen molar-refractivity contribution in [2.45, 2.75) is 17.4 Å². The second kappa shape index (κ2) is 5.02. The molecular formula is C10H9Cl2NO3S. The van der Waals surface area contributed by atoms with Crippen molar-refractivity contribution in [3.63, 3.8) is 0 Å². The van der Waals surface area contributed by atoms with Crippen LogP contribution in [0.1, 0.15) is 10.8 Å². The predicted molar refractivity (Wildman–Crippen MR) is 68.5 cm³/mol. The zero-order valence-corrected chi connectivity index (χ0v) is 10.9. The van der Waals surface area contributed by atoms with E-state index < -0.39 is 22.3 Å². The first-order valence-electron chi connectivity index (χ1n) is 4.89. The highest BCUT2D eigenvalue weighted by Crippen LogP contribution is 2.44. The van der Waals surface area contributed by atoms with Crippen molar-refractivity contribution >= 4 is 35.0 Å². The minimum absolute atomic E-state index is 0.343. The second-order valence-electron chi connectivity index (χ2n) is 3.76. The molecule has 1 aliphatic heterocycles. The molecular weight excluding hydrogens is 285 g/mol. The van der Waals surface area contributed by atoms with Crippen LogP contribution < -0.4 is 0 Å².